The zero-order chi connectivity index (χ0) is 13.1. The molecule has 1 aliphatic heterocycles. The Hall–Kier alpha value is -1.63. The molecular formula is C11H10F2N2O2S. The molecule has 0 bridgehead atoms. The summed E-state index contributed by atoms with van der Waals surface area (Å²) in [7, 11) is 0. The summed E-state index contributed by atoms with van der Waals surface area (Å²) >= 11 is 1.25. The van der Waals surface area contributed by atoms with E-state index in [-0.39, 0.29) is 19.0 Å². The quantitative estimate of drug-likeness (QED) is 0.669. The van der Waals surface area contributed by atoms with Crippen molar-refractivity contribution in [2.75, 3.05) is 18.8 Å². The highest BCUT2D eigenvalue weighted by molar-refractivity contribution is 7.99. The molecule has 96 valence electrons. The standard InChI is InChI=1S/C11H10F2N2O2S/c12-8-2-1-7(5-9(8)13)18-4-3-15-10(16)6-14-11(15)17/h1-2,5H,3-4,6H2,(H,14,17). The number of halogens is 2. The molecule has 2 rings (SSSR count). The van der Waals surface area contributed by atoms with Crippen molar-refractivity contribution >= 4 is 23.7 Å². The fourth-order valence-corrected chi connectivity index (χ4v) is 2.36. The maximum Gasteiger partial charge on any atom is 0.324 e. The minimum atomic E-state index is -0.907. The van der Waals surface area contributed by atoms with Crippen molar-refractivity contribution in [3.05, 3.63) is 29.8 Å². The van der Waals surface area contributed by atoms with E-state index >= 15 is 0 Å². The summed E-state index contributed by atoms with van der Waals surface area (Å²) < 4.78 is 25.6. The van der Waals surface area contributed by atoms with E-state index in [0.29, 0.717) is 10.6 Å². The van der Waals surface area contributed by atoms with Crippen LogP contribution in [0.4, 0.5) is 13.6 Å². The van der Waals surface area contributed by atoms with Crippen molar-refractivity contribution in [3.8, 4) is 0 Å². The predicted molar refractivity (Wildman–Crippen MR) is 62.2 cm³/mol. The van der Waals surface area contributed by atoms with Crippen LogP contribution >= 0.6 is 11.8 Å². The second-order valence-corrected chi connectivity index (χ2v) is 4.80. The molecule has 1 fully saturated rings. The van der Waals surface area contributed by atoms with Gasteiger partial charge in [0, 0.05) is 17.2 Å². The van der Waals surface area contributed by atoms with Gasteiger partial charge in [0.15, 0.2) is 11.6 Å². The first-order chi connectivity index (χ1) is 8.58. The van der Waals surface area contributed by atoms with Crippen molar-refractivity contribution < 1.29 is 18.4 Å². The number of hydrogen-bond donors (Lipinski definition) is 1. The lowest BCUT2D eigenvalue weighted by atomic mass is 10.3. The zero-order valence-electron chi connectivity index (χ0n) is 9.28. The SMILES string of the molecule is O=C1CNC(=O)N1CCSc1ccc(F)c(F)c1. The van der Waals surface area contributed by atoms with E-state index < -0.39 is 17.7 Å². The van der Waals surface area contributed by atoms with Crippen LogP contribution in [0.15, 0.2) is 23.1 Å². The lowest BCUT2D eigenvalue weighted by Crippen LogP contribution is -2.32. The molecule has 0 aromatic heterocycles. The average molecular weight is 272 g/mol. The highest BCUT2D eigenvalue weighted by Gasteiger charge is 2.27. The minimum absolute atomic E-state index is 0.0225. The van der Waals surface area contributed by atoms with Gasteiger partial charge in [-0.1, -0.05) is 0 Å². The summed E-state index contributed by atoms with van der Waals surface area (Å²) in [5.41, 5.74) is 0. The Bertz CT molecular complexity index is 480. The summed E-state index contributed by atoms with van der Waals surface area (Å²) in [6.07, 6.45) is 0. The van der Waals surface area contributed by atoms with Gasteiger partial charge in [-0.2, -0.15) is 0 Å². The number of nitrogens with zero attached hydrogens (tertiary/aromatic N) is 1. The second-order valence-electron chi connectivity index (χ2n) is 3.63. The Labute approximate surface area is 106 Å². The van der Waals surface area contributed by atoms with Crippen LogP contribution in [0, 0.1) is 11.6 Å². The lowest BCUT2D eigenvalue weighted by molar-refractivity contribution is -0.124. The predicted octanol–water partition coefficient (Wildman–Crippen LogP) is 1.61. The third-order valence-corrected chi connectivity index (χ3v) is 3.39. The number of thioether (sulfide) groups is 1. The Balaban J connectivity index is 1.86. The smallest absolute Gasteiger partial charge is 0.324 e. The fraction of sp³-hybridized carbons (Fsp3) is 0.273. The minimum Gasteiger partial charge on any atom is -0.329 e. The number of amides is 3. The largest absolute Gasteiger partial charge is 0.329 e. The highest BCUT2D eigenvalue weighted by Crippen LogP contribution is 2.20. The molecule has 0 atom stereocenters. The second kappa shape index (κ2) is 5.34. The summed E-state index contributed by atoms with van der Waals surface area (Å²) in [5, 5.41) is 2.40. The number of rotatable bonds is 4. The first-order valence-corrected chi connectivity index (χ1v) is 6.22. The van der Waals surface area contributed by atoms with Gasteiger partial charge in [0.2, 0.25) is 5.91 Å². The van der Waals surface area contributed by atoms with E-state index in [9.17, 15) is 18.4 Å². The van der Waals surface area contributed by atoms with Crippen LogP contribution < -0.4 is 5.32 Å². The van der Waals surface area contributed by atoms with Gasteiger partial charge >= 0.3 is 6.03 Å². The van der Waals surface area contributed by atoms with Gasteiger partial charge in [0.25, 0.3) is 0 Å². The molecule has 0 saturated carbocycles. The number of imide groups is 1. The summed E-state index contributed by atoms with van der Waals surface area (Å²) in [5.74, 6) is -1.64. The van der Waals surface area contributed by atoms with Crippen molar-refractivity contribution in [3.63, 3.8) is 0 Å². The van der Waals surface area contributed by atoms with Crippen LogP contribution in [-0.4, -0.2) is 35.7 Å². The lowest BCUT2D eigenvalue weighted by Gasteiger charge is -2.11. The van der Waals surface area contributed by atoms with E-state index in [1.54, 1.807) is 0 Å². The number of urea groups is 1. The van der Waals surface area contributed by atoms with Gasteiger partial charge in [0.05, 0.1) is 6.54 Å². The maximum absolute atomic E-state index is 12.9. The molecule has 0 aliphatic carbocycles. The molecule has 4 nitrogen and oxygen atoms in total. The Morgan fingerprint density at radius 3 is 2.67 bits per heavy atom. The van der Waals surface area contributed by atoms with Crippen LogP contribution in [0.3, 0.4) is 0 Å². The van der Waals surface area contributed by atoms with E-state index in [0.717, 1.165) is 17.0 Å². The van der Waals surface area contributed by atoms with Gasteiger partial charge in [-0.15, -0.1) is 11.8 Å². The van der Waals surface area contributed by atoms with E-state index in [2.05, 4.69) is 5.32 Å². The Morgan fingerprint density at radius 1 is 1.28 bits per heavy atom. The Morgan fingerprint density at radius 2 is 2.06 bits per heavy atom. The van der Waals surface area contributed by atoms with Crippen LogP contribution in [0.25, 0.3) is 0 Å². The summed E-state index contributed by atoms with van der Waals surface area (Å²) in [6.45, 7) is 0.267. The van der Waals surface area contributed by atoms with Crippen molar-refractivity contribution in [2.24, 2.45) is 0 Å². The monoisotopic (exact) mass is 272 g/mol. The van der Waals surface area contributed by atoms with Crippen molar-refractivity contribution in [2.45, 2.75) is 4.90 Å². The third-order valence-electron chi connectivity index (χ3n) is 2.41. The topological polar surface area (TPSA) is 49.4 Å². The maximum atomic E-state index is 12.9. The number of hydrogen-bond acceptors (Lipinski definition) is 3. The molecule has 1 N–H and O–H groups in total. The van der Waals surface area contributed by atoms with E-state index in [1.807, 2.05) is 0 Å². The molecule has 1 aromatic rings. The van der Waals surface area contributed by atoms with Crippen LogP contribution in [0.1, 0.15) is 0 Å². The van der Waals surface area contributed by atoms with Crippen molar-refractivity contribution in [1.82, 2.24) is 10.2 Å². The molecule has 1 heterocycles. The Kier molecular flexibility index (Phi) is 3.81. The normalized spacial score (nSPS) is 15.1. The molecule has 1 aromatic carbocycles. The average Bonchev–Trinajstić information content (AvgIpc) is 2.65. The molecule has 1 aliphatic rings. The van der Waals surface area contributed by atoms with Crippen LogP contribution in [-0.2, 0) is 4.79 Å². The molecule has 7 heteroatoms. The van der Waals surface area contributed by atoms with Gasteiger partial charge < -0.3 is 5.32 Å². The first-order valence-electron chi connectivity index (χ1n) is 5.24. The number of nitrogens with one attached hydrogen (secondary N) is 1. The molecule has 0 radical (unpaired) electrons. The highest BCUT2D eigenvalue weighted by atomic mass is 32.2. The number of carbonyl (C=O) groups is 2. The first kappa shape index (κ1) is 12.8. The molecule has 0 spiro atoms. The van der Waals surface area contributed by atoms with Gasteiger partial charge in [-0.3, -0.25) is 9.69 Å². The number of carbonyl (C=O) groups excluding carboxylic acids is 2. The fourth-order valence-electron chi connectivity index (χ4n) is 1.50. The molecule has 3 amide bonds. The van der Waals surface area contributed by atoms with E-state index in [4.69, 9.17) is 0 Å². The zero-order valence-corrected chi connectivity index (χ0v) is 10.1. The summed E-state index contributed by atoms with van der Waals surface area (Å²) in [6, 6.07) is 3.18. The van der Waals surface area contributed by atoms with E-state index in [1.165, 1.54) is 17.8 Å². The third kappa shape index (κ3) is 2.79. The molecule has 18 heavy (non-hydrogen) atoms. The van der Waals surface area contributed by atoms with Crippen LogP contribution in [0.2, 0.25) is 0 Å². The van der Waals surface area contributed by atoms with Gasteiger partial charge in [-0.05, 0) is 18.2 Å². The number of benzene rings is 1. The van der Waals surface area contributed by atoms with Crippen molar-refractivity contribution in [1.29, 1.82) is 0 Å². The van der Waals surface area contributed by atoms with Crippen LogP contribution in [0.5, 0.6) is 0 Å². The van der Waals surface area contributed by atoms with Gasteiger partial charge in [0.1, 0.15) is 0 Å². The molecular weight excluding hydrogens is 262 g/mol. The van der Waals surface area contributed by atoms with Gasteiger partial charge in [-0.25, -0.2) is 13.6 Å². The summed E-state index contributed by atoms with van der Waals surface area (Å²) in [4.78, 5) is 24.1. The molecule has 1 saturated heterocycles. The molecule has 0 unspecified atom stereocenters.